The van der Waals surface area contributed by atoms with Crippen LogP contribution in [0.3, 0.4) is 0 Å². The highest BCUT2D eigenvalue weighted by atomic mass is 35.5. The molecule has 3 aliphatic rings. The van der Waals surface area contributed by atoms with E-state index in [4.69, 9.17) is 16.3 Å². The van der Waals surface area contributed by atoms with Crippen molar-refractivity contribution in [2.24, 2.45) is 5.92 Å². The normalized spacial score (nSPS) is 32.6. The lowest BCUT2D eigenvalue weighted by Crippen LogP contribution is -2.53. The predicted octanol–water partition coefficient (Wildman–Crippen LogP) is 2.96. The number of likely N-dealkylation sites (tertiary alicyclic amines) is 1. The first kappa shape index (κ1) is 23.5. The van der Waals surface area contributed by atoms with E-state index in [0.29, 0.717) is 36.5 Å². The Kier molecular flexibility index (Phi) is 6.10. The number of aromatic nitrogens is 2. The lowest BCUT2D eigenvalue weighted by atomic mass is 9.86. The summed E-state index contributed by atoms with van der Waals surface area (Å²) in [7, 11) is -5.14. The third-order valence-electron chi connectivity index (χ3n) is 6.82. The van der Waals surface area contributed by atoms with Gasteiger partial charge in [-0.05, 0) is 51.4 Å². The Balaban J connectivity index is 1.33. The van der Waals surface area contributed by atoms with Crippen molar-refractivity contribution >= 4 is 27.7 Å². The number of fused-ring (bicyclic) bond motifs is 1. The average molecular weight is 495 g/mol. The fourth-order valence-electron chi connectivity index (χ4n) is 4.94. The van der Waals surface area contributed by atoms with Gasteiger partial charge in [-0.1, -0.05) is 11.6 Å². The first-order chi connectivity index (χ1) is 14.9. The predicted molar refractivity (Wildman–Crippen MR) is 110 cm³/mol. The largest absolute Gasteiger partial charge is 0.465 e. The van der Waals surface area contributed by atoms with Gasteiger partial charge < -0.3 is 9.84 Å². The molecule has 32 heavy (non-hydrogen) atoms. The van der Waals surface area contributed by atoms with Gasteiger partial charge in [-0.15, -0.1) is 0 Å². The fraction of sp³-hybridized carbons (Fsp3) is 0.737. The Morgan fingerprint density at radius 3 is 2.69 bits per heavy atom. The van der Waals surface area contributed by atoms with Gasteiger partial charge in [-0.2, -0.15) is 13.5 Å². The van der Waals surface area contributed by atoms with Crippen molar-refractivity contribution in [3.05, 3.63) is 23.2 Å². The molecular weight excluding hydrogens is 470 g/mol. The van der Waals surface area contributed by atoms with Crippen molar-refractivity contribution in [1.29, 1.82) is 0 Å². The van der Waals surface area contributed by atoms with Crippen molar-refractivity contribution in [3.63, 3.8) is 0 Å². The van der Waals surface area contributed by atoms with E-state index in [0.717, 1.165) is 11.3 Å². The van der Waals surface area contributed by atoms with Crippen molar-refractivity contribution in [3.8, 4) is 0 Å². The number of hydrogen-bond donors (Lipinski definition) is 2. The maximum absolute atomic E-state index is 14.5. The first-order valence-corrected chi connectivity index (χ1v) is 12.3. The highest BCUT2D eigenvalue weighted by molar-refractivity contribution is 7.90. The maximum Gasteiger partial charge on any atom is 0.408 e. The van der Waals surface area contributed by atoms with Crippen molar-refractivity contribution < 1.29 is 31.8 Å². The average Bonchev–Trinajstić information content (AvgIpc) is 3.34. The van der Waals surface area contributed by atoms with E-state index in [-0.39, 0.29) is 17.8 Å². The minimum Gasteiger partial charge on any atom is -0.465 e. The minimum atomic E-state index is -5.14. The number of rotatable bonds is 7. The second-order valence-corrected chi connectivity index (χ2v) is 11.2. The molecular formula is C19H25ClF2N4O5S. The van der Waals surface area contributed by atoms with E-state index in [1.54, 1.807) is 6.92 Å². The molecule has 0 unspecified atom stereocenters. The molecule has 1 saturated heterocycles. The summed E-state index contributed by atoms with van der Waals surface area (Å²) in [6.07, 6.45) is 2.99. The van der Waals surface area contributed by atoms with E-state index < -0.39 is 46.3 Å². The van der Waals surface area contributed by atoms with E-state index in [1.165, 1.54) is 12.4 Å². The van der Waals surface area contributed by atoms with Crippen LogP contribution in [0.15, 0.2) is 12.4 Å². The molecule has 2 N–H and O–H groups in total. The molecule has 5 atom stereocenters. The van der Waals surface area contributed by atoms with E-state index in [1.807, 2.05) is 4.72 Å². The van der Waals surface area contributed by atoms with Crippen LogP contribution in [0.5, 0.6) is 0 Å². The number of halogens is 3. The molecule has 13 heteroatoms. The van der Waals surface area contributed by atoms with Crippen LogP contribution in [0.25, 0.3) is 0 Å². The highest BCUT2D eigenvalue weighted by Gasteiger charge is 2.60. The van der Waals surface area contributed by atoms with Crippen LogP contribution in [-0.4, -0.2) is 64.7 Å². The second-order valence-electron chi connectivity index (χ2n) is 8.88. The van der Waals surface area contributed by atoms with Crippen LogP contribution < -0.4 is 4.72 Å². The summed E-state index contributed by atoms with van der Waals surface area (Å²) in [6, 6.07) is -0.462. The molecule has 2 aliphatic carbocycles. The molecule has 1 amide bonds. The molecule has 9 nitrogen and oxygen atoms in total. The molecule has 0 radical (unpaired) electrons. The zero-order valence-electron chi connectivity index (χ0n) is 17.4. The van der Waals surface area contributed by atoms with Crippen LogP contribution in [0, 0.1) is 5.92 Å². The summed E-state index contributed by atoms with van der Waals surface area (Å²) < 4.78 is 60.9. The molecule has 2 heterocycles. The lowest BCUT2D eigenvalue weighted by Gasteiger charge is -2.30. The summed E-state index contributed by atoms with van der Waals surface area (Å²) in [4.78, 5) is 20.8. The van der Waals surface area contributed by atoms with Gasteiger partial charge in [-0.3, -0.25) is 4.90 Å². The number of ether oxygens (including phenoxy) is 1. The van der Waals surface area contributed by atoms with Crippen LogP contribution in [-0.2, 0) is 20.2 Å². The molecule has 2 saturated carbocycles. The van der Waals surface area contributed by atoms with Gasteiger partial charge in [0.1, 0.15) is 12.4 Å². The topological polar surface area (TPSA) is 122 Å². The third kappa shape index (κ3) is 4.29. The van der Waals surface area contributed by atoms with Crippen molar-refractivity contribution in [2.75, 3.05) is 6.61 Å². The summed E-state index contributed by atoms with van der Waals surface area (Å²) in [5, 5.41) is 5.48. The Morgan fingerprint density at radius 1 is 1.38 bits per heavy atom. The van der Waals surface area contributed by atoms with E-state index in [9.17, 15) is 27.1 Å². The van der Waals surface area contributed by atoms with Gasteiger partial charge >= 0.3 is 11.3 Å². The zero-order chi connectivity index (χ0) is 23.3. The van der Waals surface area contributed by atoms with Crippen LogP contribution >= 0.6 is 11.6 Å². The Bertz CT molecular complexity index is 982. The van der Waals surface area contributed by atoms with Crippen molar-refractivity contribution in [1.82, 2.24) is 19.6 Å². The van der Waals surface area contributed by atoms with Crippen LogP contribution in [0.4, 0.5) is 13.6 Å². The minimum absolute atomic E-state index is 0.128. The maximum atomic E-state index is 14.5. The number of amides is 1. The van der Waals surface area contributed by atoms with Crippen LogP contribution in [0.1, 0.15) is 51.3 Å². The summed E-state index contributed by atoms with van der Waals surface area (Å²) in [6.45, 7) is 0.305. The zero-order valence-corrected chi connectivity index (χ0v) is 19.0. The third-order valence-corrected chi connectivity index (χ3v) is 8.50. The number of carboxylic acid groups (broad SMARTS) is 1. The number of sulfonamides is 1. The molecule has 178 valence electrons. The Hall–Kier alpha value is -1.63. The lowest BCUT2D eigenvalue weighted by molar-refractivity contribution is -0.0617. The van der Waals surface area contributed by atoms with Gasteiger partial charge in [0.2, 0.25) is 0 Å². The molecule has 0 aromatic carbocycles. The first-order valence-electron chi connectivity index (χ1n) is 10.5. The van der Waals surface area contributed by atoms with Gasteiger partial charge in [0.15, 0.2) is 0 Å². The monoisotopic (exact) mass is 494 g/mol. The van der Waals surface area contributed by atoms with Crippen molar-refractivity contribution in [2.45, 2.75) is 74.4 Å². The summed E-state index contributed by atoms with van der Waals surface area (Å²) in [5.74, 6) is 0.881. The van der Waals surface area contributed by atoms with Crippen LogP contribution in [0.2, 0.25) is 5.02 Å². The molecule has 4 rings (SSSR count). The molecule has 0 bridgehead atoms. The standard InChI is InChI=1S/C19H25ClF2N4O5S/c1-11-2-3-15(26(11)17(27)28)25-32(29,30)19(21,22)10-31-14-4-5-18(7-12(18)6-14)16-23-8-13(20)9-24-16/h8-9,11-12,14-15,25H,2-7,10H2,1H3,(H,27,28)/t11-,12-,14+,15+,18-/m1/s1. The summed E-state index contributed by atoms with van der Waals surface area (Å²) in [5.41, 5.74) is -0.180. The van der Waals surface area contributed by atoms with Gasteiger partial charge in [0.25, 0.3) is 10.0 Å². The molecule has 1 aromatic rings. The fourth-order valence-corrected chi connectivity index (χ4v) is 6.02. The molecule has 0 spiro atoms. The second kappa shape index (κ2) is 8.30. The smallest absolute Gasteiger partial charge is 0.408 e. The molecule has 1 aliphatic heterocycles. The van der Waals surface area contributed by atoms with E-state index in [2.05, 4.69) is 9.97 Å². The summed E-state index contributed by atoms with van der Waals surface area (Å²) >= 11 is 5.84. The Labute approximate surface area is 189 Å². The number of carbonyl (C=O) groups is 1. The number of hydrogen-bond acceptors (Lipinski definition) is 6. The number of alkyl halides is 2. The molecule has 3 fully saturated rings. The number of nitrogens with zero attached hydrogens (tertiary/aromatic N) is 3. The highest BCUT2D eigenvalue weighted by Crippen LogP contribution is 2.61. The molecule has 1 aromatic heterocycles. The number of nitrogens with one attached hydrogen (secondary N) is 1. The Morgan fingerprint density at radius 2 is 2.06 bits per heavy atom. The van der Waals surface area contributed by atoms with E-state index >= 15 is 0 Å². The quantitative estimate of drug-likeness (QED) is 0.597. The SMILES string of the molecule is C[C@@H]1CC[C@@H](NS(=O)(=O)C(F)(F)CO[C@H]2CC[C@@]3(c4ncc(Cl)cn4)C[C@H]3C2)N1C(=O)O. The van der Waals surface area contributed by atoms with Gasteiger partial charge in [0, 0.05) is 23.9 Å². The van der Waals surface area contributed by atoms with Gasteiger partial charge in [0.05, 0.1) is 17.3 Å². The van der Waals surface area contributed by atoms with Gasteiger partial charge in [-0.25, -0.2) is 23.2 Å².